The molecule has 2 aliphatic rings. The van der Waals surface area contributed by atoms with Gasteiger partial charge in [-0.25, -0.2) is 15.0 Å². The molecule has 1 unspecified atom stereocenters. The van der Waals surface area contributed by atoms with E-state index in [-0.39, 0.29) is 5.92 Å². The third-order valence-corrected chi connectivity index (χ3v) is 9.45. The summed E-state index contributed by atoms with van der Waals surface area (Å²) in [5.74, 6) is 0.758. The lowest BCUT2D eigenvalue weighted by Gasteiger charge is -2.26. The van der Waals surface area contributed by atoms with E-state index in [9.17, 15) is 0 Å². The summed E-state index contributed by atoms with van der Waals surface area (Å²) in [6, 6.07) is 57.6. The first kappa shape index (κ1) is 28.1. The Balaban J connectivity index is 1.21. The lowest BCUT2D eigenvalue weighted by Crippen LogP contribution is -2.17. The van der Waals surface area contributed by atoms with Gasteiger partial charge in [-0.2, -0.15) is 0 Å². The minimum atomic E-state index is 0.0430. The van der Waals surface area contributed by atoms with Crippen LogP contribution in [0.2, 0.25) is 0 Å². The number of allylic oxidation sites excluding steroid dienone is 1. The summed E-state index contributed by atoms with van der Waals surface area (Å²) in [4.78, 5) is 16.1. The number of rotatable bonds is 5. The third kappa shape index (κ3) is 4.57. The Morgan fingerprint density at radius 3 is 1.69 bits per heavy atom. The van der Waals surface area contributed by atoms with Gasteiger partial charge in [0.15, 0.2) is 5.82 Å². The molecule has 6 aromatic carbocycles. The quantitative estimate of drug-likeness (QED) is 0.193. The van der Waals surface area contributed by atoms with Crippen LogP contribution in [0.15, 0.2) is 164 Å². The molecule has 2 heterocycles. The predicted molar refractivity (Wildman–Crippen MR) is 195 cm³/mol. The maximum atomic E-state index is 6.06. The molecule has 1 aliphatic carbocycles. The molecule has 4 heteroatoms. The molecule has 0 amide bonds. The summed E-state index contributed by atoms with van der Waals surface area (Å²) in [6.07, 6.45) is 0. The second-order valence-corrected chi connectivity index (χ2v) is 12.1. The zero-order chi connectivity index (χ0) is 32.0. The molecule has 1 aromatic heterocycles. The molecule has 0 radical (unpaired) electrons. The maximum Gasteiger partial charge on any atom is 0.160 e. The molecule has 4 nitrogen and oxygen atoms in total. The Morgan fingerprint density at radius 2 is 1.02 bits per heavy atom. The van der Waals surface area contributed by atoms with Crippen molar-refractivity contribution >= 4 is 22.5 Å². The summed E-state index contributed by atoms with van der Waals surface area (Å²) in [6.45, 7) is 0. The van der Waals surface area contributed by atoms with E-state index in [0.29, 0.717) is 5.82 Å². The van der Waals surface area contributed by atoms with Gasteiger partial charge in [-0.1, -0.05) is 146 Å². The van der Waals surface area contributed by atoms with E-state index in [1.54, 1.807) is 7.11 Å². The topological polar surface area (TPSA) is 38.2 Å². The Labute approximate surface area is 280 Å². The van der Waals surface area contributed by atoms with Crippen molar-refractivity contribution in [3.8, 4) is 33.9 Å². The van der Waals surface area contributed by atoms with Gasteiger partial charge in [0.2, 0.25) is 0 Å². The van der Waals surface area contributed by atoms with Gasteiger partial charge in [-0.05, 0) is 46.0 Å². The van der Waals surface area contributed by atoms with Gasteiger partial charge < -0.3 is 0 Å². The number of nitrogens with zero attached hydrogens (tertiary/aromatic N) is 3. The first-order valence-electron chi connectivity index (χ1n) is 16.3. The number of hydrogen-bond donors (Lipinski definition) is 0. The largest absolute Gasteiger partial charge is 0.272 e. The fourth-order valence-electron chi connectivity index (χ4n) is 7.33. The monoisotopic (exact) mass is 617 g/mol. The highest BCUT2D eigenvalue weighted by molar-refractivity contribution is 6.12. The minimum Gasteiger partial charge on any atom is -0.272 e. The molecule has 1 aliphatic heterocycles. The van der Waals surface area contributed by atoms with Gasteiger partial charge in [0.05, 0.1) is 29.9 Å². The van der Waals surface area contributed by atoms with E-state index in [1.807, 2.05) is 41.5 Å². The van der Waals surface area contributed by atoms with Crippen molar-refractivity contribution < 1.29 is 4.84 Å². The number of aromatic nitrogens is 2. The second-order valence-electron chi connectivity index (χ2n) is 12.1. The zero-order valence-electron chi connectivity index (χ0n) is 26.4. The SMILES string of the molecule is CON1c2ccccc2C2=C(c3ccccc31)C(c1ccc(-c3cc(-c4ccccc4)nc(-c4ccccc4)n3)cc1)c1ccccc12. The van der Waals surface area contributed by atoms with Crippen LogP contribution in [-0.2, 0) is 4.84 Å². The van der Waals surface area contributed by atoms with Crippen LogP contribution in [0.3, 0.4) is 0 Å². The number of para-hydroxylation sites is 2. The standard InChI is InChI=1S/C44H31N3O/c1-48-47-39-22-12-10-20-35(39)42-34-19-9-8-18-33(34)41(43(42)36-21-11-13-23-40(36)47)31-26-24-30(25-27-31)38-28-37(29-14-4-2-5-15-29)45-44(46-38)32-16-6-3-7-17-32/h2-28,41H,1H3. The van der Waals surface area contributed by atoms with Gasteiger partial charge in [-0.15, -0.1) is 0 Å². The third-order valence-electron chi connectivity index (χ3n) is 9.45. The summed E-state index contributed by atoms with van der Waals surface area (Å²) in [5, 5.41) is 1.97. The molecular weight excluding hydrogens is 587 g/mol. The van der Waals surface area contributed by atoms with E-state index in [1.165, 1.54) is 39.0 Å². The molecule has 1 atom stereocenters. The summed E-state index contributed by atoms with van der Waals surface area (Å²) in [7, 11) is 1.74. The van der Waals surface area contributed by atoms with Crippen LogP contribution in [-0.4, -0.2) is 17.1 Å². The van der Waals surface area contributed by atoms with E-state index in [2.05, 4.69) is 127 Å². The fraction of sp³-hybridized carbons (Fsp3) is 0.0455. The van der Waals surface area contributed by atoms with Crippen LogP contribution in [0.4, 0.5) is 11.4 Å². The van der Waals surface area contributed by atoms with Crippen LogP contribution in [0.25, 0.3) is 45.0 Å². The molecule has 0 N–H and O–H groups in total. The average molecular weight is 618 g/mol. The van der Waals surface area contributed by atoms with Crippen LogP contribution >= 0.6 is 0 Å². The maximum absolute atomic E-state index is 6.06. The molecule has 7 aromatic rings. The van der Waals surface area contributed by atoms with Gasteiger partial charge in [0, 0.05) is 33.7 Å². The highest BCUT2D eigenvalue weighted by Crippen LogP contribution is 2.57. The van der Waals surface area contributed by atoms with E-state index < -0.39 is 0 Å². The zero-order valence-corrected chi connectivity index (χ0v) is 26.4. The first-order valence-corrected chi connectivity index (χ1v) is 16.3. The van der Waals surface area contributed by atoms with E-state index >= 15 is 0 Å². The molecule has 9 rings (SSSR count). The smallest absolute Gasteiger partial charge is 0.160 e. The number of fused-ring (bicyclic) bond motifs is 6. The molecular formula is C44H31N3O. The lowest BCUT2D eigenvalue weighted by molar-refractivity contribution is 0.201. The Hall–Kier alpha value is -6.10. The van der Waals surface area contributed by atoms with Gasteiger partial charge >= 0.3 is 0 Å². The van der Waals surface area contributed by atoms with Crippen molar-refractivity contribution in [2.24, 2.45) is 0 Å². The summed E-state index contributed by atoms with van der Waals surface area (Å²) in [5.41, 5.74) is 15.7. The van der Waals surface area contributed by atoms with Crippen LogP contribution in [0.1, 0.15) is 33.7 Å². The molecule has 228 valence electrons. The molecule has 0 saturated carbocycles. The normalized spacial score (nSPS) is 14.5. The molecule has 48 heavy (non-hydrogen) atoms. The lowest BCUT2D eigenvalue weighted by atomic mass is 9.84. The Morgan fingerprint density at radius 1 is 0.500 bits per heavy atom. The van der Waals surface area contributed by atoms with Gasteiger partial charge in [0.25, 0.3) is 0 Å². The van der Waals surface area contributed by atoms with Gasteiger partial charge in [-0.3, -0.25) is 4.84 Å². The average Bonchev–Trinajstić information content (AvgIpc) is 3.45. The highest BCUT2D eigenvalue weighted by atomic mass is 16.7. The van der Waals surface area contributed by atoms with Crippen molar-refractivity contribution in [2.45, 2.75) is 5.92 Å². The number of anilines is 2. The Bertz CT molecular complexity index is 2270. The van der Waals surface area contributed by atoms with Crippen LogP contribution < -0.4 is 5.06 Å². The fourth-order valence-corrected chi connectivity index (χ4v) is 7.33. The predicted octanol–water partition coefficient (Wildman–Crippen LogP) is 10.6. The van der Waals surface area contributed by atoms with Crippen molar-refractivity contribution in [1.29, 1.82) is 0 Å². The van der Waals surface area contributed by atoms with Crippen molar-refractivity contribution in [2.75, 3.05) is 12.2 Å². The summed E-state index contributed by atoms with van der Waals surface area (Å²) >= 11 is 0. The second kappa shape index (κ2) is 11.6. The number of benzene rings is 6. The number of hydrogen-bond acceptors (Lipinski definition) is 4. The van der Waals surface area contributed by atoms with Crippen LogP contribution in [0.5, 0.6) is 0 Å². The molecule has 0 saturated heterocycles. The van der Waals surface area contributed by atoms with Crippen molar-refractivity contribution in [3.63, 3.8) is 0 Å². The van der Waals surface area contributed by atoms with Crippen LogP contribution in [0, 0.1) is 0 Å². The molecule has 0 fully saturated rings. The Kier molecular flexibility index (Phi) is 6.81. The van der Waals surface area contributed by atoms with Crippen molar-refractivity contribution in [1.82, 2.24) is 9.97 Å². The van der Waals surface area contributed by atoms with E-state index in [4.69, 9.17) is 14.8 Å². The first-order chi connectivity index (χ1) is 23.8. The summed E-state index contributed by atoms with van der Waals surface area (Å²) < 4.78 is 0. The minimum absolute atomic E-state index is 0.0430. The van der Waals surface area contributed by atoms with Gasteiger partial charge in [0.1, 0.15) is 0 Å². The molecule has 0 spiro atoms. The highest BCUT2D eigenvalue weighted by Gasteiger charge is 2.38. The molecule has 0 bridgehead atoms. The van der Waals surface area contributed by atoms with E-state index in [0.717, 1.165) is 39.5 Å². The van der Waals surface area contributed by atoms with Crippen molar-refractivity contribution in [3.05, 3.63) is 192 Å².